The Hall–Kier alpha value is -3.59. The number of phosphoric acid groups is 1. The predicted octanol–water partition coefficient (Wildman–Crippen LogP) is 17.7. The van der Waals surface area contributed by atoms with Crippen LogP contribution in [0.3, 0.4) is 0 Å². The van der Waals surface area contributed by atoms with Crippen molar-refractivity contribution < 1.29 is 42.1 Å². The van der Waals surface area contributed by atoms with E-state index in [-0.39, 0.29) is 26.1 Å². The maximum Gasteiger partial charge on any atom is 0.306 e. The van der Waals surface area contributed by atoms with Gasteiger partial charge >= 0.3 is 11.9 Å². The fourth-order valence-electron chi connectivity index (χ4n) is 7.53. The van der Waals surface area contributed by atoms with E-state index < -0.39 is 32.5 Å². The molecule has 2 unspecified atom stereocenters. The Kier molecular flexibility index (Phi) is 51.6. The van der Waals surface area contributed by atoms with Crippen molar-refractivity contribution in [1.82, 2.24) is 0 Å². The first-order valence-corrected chi connectivity index (χ1v) is 30.7. The molecule has 0 rings (SSSR count). The van der Waals surface area contributed by atoms with Crippen LogP contribution < -0.4 is 4.89 Å². The molecule has 0 aromatic rings. The third kappa shape index (κ3) is 57.7. The highest BCUT2D eigenvalue weighted by Crippen LogP contribution is 2.38. The van der Waals surface area contributed by atoms with Gasteiger partial charge in [-0.15, -0.1) is 0 Å². The second kappa shape index (κ2) is 54.2. The number of carbonyl (C=O) groups excluding carboxylic acids is 2. The van der Waals surface area contributed by atoms with Crippen LogP contribution >= 0.6 is 7.82 Å². The van der Waals surface area contributed by atoms with Gasteiger partial charge in [0.1, 0.15) is 19.8 Å². The third-order valence-electron chi connectivity index (χ3n) is 12.0. The number of hydrogen-bond donors (Lipinski definition) is 0. The molecule has 0 aliphatic carbocycles. The van der Waals surface area contributed by atoms with E-state index in [9.17, 15) is 19.0 Å². The molecule has 10 heteroatoms. The summed E-state index contributed by atoms with van der Waals surface area (Å²) in [5.41, 5.74) is 0. The van der Waals surface area contributed by atoms with Crippen molar-refractivity contribution >= 4 is 19.8 Å². The smallest absolute Gasteiger partial charge is 0.306 e. The molecule has 74 heavy (non-hydrogen) atoms. The van der Waals surface area contributed by atoms with Gasteiger partial charge in [-0.05, 0) is 103 Å². The Morgan fingerprint density at radius 1 is 0.419 bits per heavy atom. The fraction of sp³-hybridized carbons (Fsp3) is 0.656. The van der Waals surface area contributed by atoms with Crippen LogP contribution in [-0.4, -0.2) is 70.0 Å². The van der Waals surface area contributed by atoms with Gasteiger partial charge in [-0.3, -0.25) is 14.2 Å². The first kappa shape index (κ1) is 70.4. The number of quaternary nitrogens is 1. The minimum absolute atomic E-state index is 0.0408. The van der Waals surface area contributed by atoms with E-state index in [4.69, 9.17) is 18.5 Å². The predicted molar refractivity (Wildman–Crippen MR) is 314 cm³/mol. The van der Waals surface area contributed by atoms with Crippen LogP contribution in [0.2, 0.25) is 0 Å². The standard InChI is InChI=1S/C64H108NO8P/c1-6-8-10-12-14-16-18-20-22-24-25-26-27-28-29-30-31-32-33-34-35-36-37-38-39-41-43-45-47-49-51-53-55-57-64(67)73-62(61-72-74(68,69)71-59-58-65(3,4)5)60-70-63(66)56-54-52-50-48-46-44-42-40-23-21-19-17-15-13-11-9-7-2/h8-11,14-17,20-23,25-26,28-29,31-32,42,44,62H,6-7,12-13,18-19,24,27,30,33-41,43,45-61H2,1-5H3/b10-8-,11-9-,16-14-,17-15-,22-20-,23-21-,26-25-,29-28-,32-31-,44-42-. The first-order valence-electron chi connectivity index (χ1n) is 29.2. The van der Waals surface area contributed by atoms with E-state index >= 15 is 0 Å². The molecule has 422 valence electrons. The molecule has 0 bridgehead atoms. The molecular formula is C64H108NO8P. The first-order chi connectivity index (χ1) is 36.0. The lowest BCUT2D eigenvalue weighted by Crippen LogP contribution is -2.37. The zero-order valence-corrected chi connectivity index (χ0v) is 48.6. The minimum Gasteiger partial charge on any atom is -0.756 e. The summed E-state index contributed by atoms with van der Waals surface area (Å²) >= 11 is 0. The van der Waals surface area contributed by atoms with E-state index in [0.717, 1.165) is 109 Å². The van der Waals surface area contributed by atoms with Crippen molar-refractivity contribution in [2.45, 2.75) is 225 Å². The van der Waals surface area contributed by atoms with Gasteiger partial charge in [-0.2, -0.15) is 0 Å². The average Bonchev–Trinajstić information content (AvgIpc) is 3.36. The maximum atomic E-state index is 12.8. The highest BCUT2D eigenvalue weighted by Gasteiger charge is 2.21. The number of nitrogens with zero attached hydrogens (tertiary/aromatic N) is 1. The van der Waals surface area contributed by atoms with Crippen LogP contribution in [0.4, 0.5) is 0 Å². The summed E-state index contributed by atoms with van der Waals surface area (Å²) in [4.78, 5) is 37.8. The number of phosphoric ester groups is 1. The zero-order valence-electron chi connectivity index (χ0n) is 47.7. The van der Waals surface area contributed by atoms with Gasteiger partial charge < -0.3 is 27.9 Å². The van der Waals surface area contributed by atoms with Crippen molar-refractivity contribution in [2.75, 3.05) is 47.5 Å². The summed E-state index contributed by atoms with van der Waals surface area (Å²) in [6, 6.07) is 0. The molecule has 0 aromatic heterocycles. The van der Waals surface area contributed by atoms with Crippen molar-refractivity contribution in [3.8, 4) is 0 Å². The van der Waals surface area contributed by atoms with Gasteiger partial charge in [0.25, 0.3) is 7.82 Å². The number of unbranched alkanes of at least 4 members (excludes halogenated alkanes) is 18. The third-order valence-corrected chi connectivity index (χ3v) is 12.9. The van der Waals surface area contributed by atoms with Gasteiger partial charge in [0, 0.05) is 12.8 Å². The van der Waals surface area contributed by atoms with Crippen LogP contribution in [-0.2, 0) is 32.7 Å². The molecular weight excluding hydrogens is 942 g/mol. The summed E-state index contributed by atoms with van der Waals surface area (Å²) in [7, 11) is 1.14. The summed E-state index contributed by atoms with van der Waals surface area (Å²) in [6.45, 7) is 3.97. The van der Waals surface area contributed by atoms with Crippen LogP contribution in [0.15, 0.2) is 122 Å². The number of rotatable bonds is 52. The van der Waals surface area contributed by atoms with Crippen LogP contribution in [0.1, 0.15) is 219 Å². The lowest BCUT2D eigenvalue weighted by molar-refractivity contribution is -0.870. The molecule has 0 saturated carbocycles. The van der Waals surface area contributed by atoms with E-state index in [1.54, 1.807) is 0 Å². The van der Waals surface area contributed by atoms with E-state index in [2.05, 4.69) is 135 Å². The molecule has 0 saturated heterocycles. The summed E-state index contributed by atoms with van der Waals surface area (Å²) in [5, 5.41) is 0. The molecule has 0 spiro atoms. The molecule has 2 atom stereocenters. The SMILES string of the molecule is CC/C=C\C/C=C\C/C=C\C/C=C\C/C=C\C/C=C\CCCCCCCCCCCCCCCCC(=O)OC(COC(=O)CCCCCC/C=C\C/C=C\C/C=C\C/C=C\CC)COP(=O)([O-])OCC[N+](C)(C)C. The van der Waals surface area contributed by atoms with Gasteiger partial charge in [0.15, 0.2) is 6.10 Å². The topological polar surface area (TPSA) is 111 Å². The molecule has 0 aromatic carbocycles. The Morgan fingerprint density at radius 3 is 1.08 bits per heavy atom. The van der Waals surface area contributed by atoms with E-state index in [1.165, 1.54) is 70.6 Å². The van der Waals surface area contributed by atoms with Crippen molar-refractivity contribution in [1.29, 1.82) is 0 Å². The molecule has 0 aliphatic heterocycles. The Labute approximate surface area is 454 Å². The maximum absolute atomic E-state index is 12.8. The number of allylic oxidation sites excluding steroid dienone is 20. The molecule has 0 amide bonds. The number of esters is 2. The summed E-state index contributed by atoms with van der Waals surface area (Å²) in [5.74, 6) is -0.868. The summed E-state index contributed by atoms with van der Waals surface area (Å²) < 4.78 is 34.1. The molecule has 0 fully saturated rings. The lowest BCUT2D eigenvalue weighted by Gasteiger charge is -2.28. The van der Waals surface area contributed by atoms with Crippen LogP contribution in [0.5, 0.6) is 0 Å². The van der Waals surface area contributed by atoms with Gasteiger partial charge in [0.05, 0.1) is 27.7 Å². The number of likely N-dealkylation sites (N-methyl/N-ethyl adjacent to an activating group) is 1. The van der Waals surface area contributed by atoms with Crippen molar-refractivity contribution in [3.63, 3.8) is 0 Å². The molecule has 0 radical (unpaired) electrons. The average molecular weight is 1050 g/mol. The Morgan fingerprint density at radius 2 is 0.730 bits per heavy atom. The fourth-order valence-corrected chi connectivity index (χ4v) is 8.26. The van der Waals surface area contributed by atoms with E-state index in [1.807, 2.05) is 21.1 Å². The summed E-state index contributed by atoms with van der Waals surface area (Å²) in [6.07, 6.45) is 76.8. The van der Waals surface area contributed by atoms with Gasteiger partial charge in [-0.1, -0.05) is 225 Å². The zero-order chi connectivity index (χ0) is 54.2. The molecule has 9 nitrogen and oxygen atoms in total. The quantitative estimate of drug-likeness (QED) is 0.0195. The lowest BCUT2D eigenvalue weighted by atomic mass is 10.0. The monoisotopic (exact) mass is 1050 g/mol. The minimum atomic E-state index is -4.65. The highest BCUT2D eigenvalue weighted by molar-refractivity contribution is 7.45. The molecule has 0 aliphatic rings. The van der Waals surface area contributed by atoms with Crippen molar-refractivity contribution in [3.05, 3.63) is 122 Å². The van der Waals surface area contributed by atoms with Crippen LogP contribution in [0, 0.1) is 0 Å². The van der Waals surface area contributed by atoms with Crippen LogP contribution in [0.25, 0.3) is 0 Å². The second-order valence-corrected chi connectivity index (χ2v) is 21.7. The normalized spacial score (nSPS) is 14.2. The number of carbonyl (C=O) groups is 2. The number of ether oxygens (including phenoxy) is 2. The molecule has 0 heterocycles. The largest absolute Gasteiger partial charge is 0.756 e. The van der Waals surface area contributed by atoms with E-state index in [0.29, 0.717) is 23.9 Å². The van der Waals surface area contributed by atoms with Gasteiger partial charge in [-0.25, -0.2) is 0 Å². The number of hydrogen-bond acceptors (Lipinski definition) is 8. The van der Waals surface area contributed by atoms with Crippen molar-refractivity contribution in [2.24, 2.45) is 0 Å². The molecule has 0 N–H and O–H groups in total. The Balaban J connectivity index is 4.14. The van der Waals surface area contributed by atoms with Gasteiger partial charge in [0.2, 0.25) is 0 Å². The Bertz CT molecular complexity index is 1660. The second-order valence-electron chi connectivity index (χ2n) is 20.2. The highest BCUT2D eigenvalue weighted by atomic mass is 31.2.